The molecule has 0 radical (unpaired) electrons. The van der Waals surface area contributed by atoms with Gasteiger partial charge in [0.15, 0.2) is 0 Å². The second kappa shape index (κ2) is 9.94. The van der Waals surface area contributed by atoms with Crippen LogP contribution in [-0.2, 0) is 21.2 Å². The van der Waals surface area contributed by atoms with Gasteiger partial charge < -0.3 is 10.1 Å². The average Bonchev–Trinajstić information content (AvgIpc) is 3.35. The van der Waals surface area contributed by atoms with Crippen LogP contribution in [0.15, 0.2) is 59.5 Å². The second-order valence-corrected chi connectivity index (χ2v) is 10.3. The summed E-state index contributed by atoms with van der Waals surface area (Å²) in [6.07, 6.45) is 5.40. The van der Waals surface area contributed by atoms with Crippen LogP contribution in [0.2, 0.25) is 0 Å². The highest BCUT2D eigenvalue weighted by Crippen LogP contribution is 2.29. The highest BCUT2D eigenvalue weighted by Gasteiger charge is 2.29. The number of sulfonamides is 1. The van der Waals surface area contributed by atoms with Crippen LogP contribution in [0.3, 0.4) is 0 Å². The summed E-state index contributed by atoms with van der Waals surface area (Å²) in [5.74, 6) is 0.233. The number of nitrogens with zero attached hydrogens (tertiary/aromatic N) is 1. The molecule has 2 aromatic carbocycles. The van der Waals surface area contributed by atoms with Crippen LogP contribution in [0.5, 0.6) is 0 Å². The Hall–Kier alpha value is -2.22. The summed E-state index contributed by atoms with van der Waals surface area (Å²) in [4.78, 5) is 13.3. The molecule has 1 amide bonds. The number of ether oxygens (including phenoxy) is 1. The van der Waals surface area contributed by atoms with Crippen molar-refractivity contribution >= 4 is 15.9 Å². The Morgan fingerprint density at radius 2 is 1.74 bits per heavy atom. The van der Waals surface area contributed by atoms with E-state index in [1.807, 2.05) is 18.2 Å². The molecule has 0 aromatic heterocycles. The molecule has 1 aliphatic carbocycles. The van der Waals surface area contributed by atoms with E-state index in [2.05, 4.69) is 17.4 Å². The van der Waals surface area contributed by atoms with Gasteiger partial charge in [-0.3, -0.25) is 4.79 Å². The number of amides is 1. The minimum absolute atomic E-state index is 0.0388. The van der Waals surface area contributed by atoms with Crippen LogP contribution >= 0.6 is 0 Å². The summed E-state index contributed by atoms with van der Waals surface area (Å²) in [7, 11) is -3.64. The van der Waals surface area contributed by atoms with Crippen molar-refractivity contribution in [2.24, 2.45) is 5.92 Å². The molecule has 0 bridgehead atoms. The highest BCUT2D eigenvalue weighted by molar-refractivity contribution is 7.89. The molecule has 0 spiro atoms. The van der Waals surface area contributed by atoms with Gasteiger partial charge in [-0.25, -0.2) is 8.42 Å². The first-order valence-electron chi connectivity index (χ1n) is 11.1. The van der Waals surface area contributed by atoms with Crippen LogP contribution in [0.4, 0.5) is 0 Å². The molecule has 1 aliphatic heterocycles. The molecule has 166 valence electrons. The lowest BCUT2D eigenvalue weighted by Gasteiger charge is -2.26. The lowest BCUT2D eigenvalue weighted by molar-refractivity contribution is 0.0730. The van der Waals surface area contributed by atoms with E-state index in [-0.39, 0.29) is 16.8 Å². The van der Waals surface area contributed by atoms with Crippen molar-refractivity contribution in [3.8, 4) is 0 Å². The van der Waals surface area contributed by atoms with Crippen LogP contribution < -0.4 is 5.32 Å². The van der Waals surface area contributed by atoms with Crippen molar-refractivity contribution in [3.63, 3.8) is 0 Å². The molecule has 2 fully saturated rings. The minimum Gasteiger partial charge on any atom is -0.379 e. The number of morpholine rings is 1. The fourth-order valence-electron chi connectivity index (χ4n) is 4.55. The van der Waals surface area contributed by atoms with Gasteiger partial charge in [0.05, 0.1) is 18.1 Å². The third-order valence-electron chi connectivity index (χ3n) is 6.29. The molecule has 1 atom stereocenters. The smallest absolute Gasteiger partial charge is 0.251 e. The molecule has 1 N–H and O–H groups in total. The Morgan fingerprint density at radius 3 is 2.45 bits per heavy atom. The molecule has 6 nitrogen and oxygen atoms in total. The Morgan fingerprint density at radius 1 is 1.03 bits per heavy atom. The van der Waals surface area contributed by atoms with Crippen LogP contribution in [-0.4, -0.2) is 51.0 Å². The summed E-state index contributed by atoms with van der Waals surface area (Å²) < 4.78 is 32.6. The van der Waals surface area contributed by atoms with Crippen LogP contribution in [0, 0.1) is 5.92 Å². The standard InChI is InChI=1S/C24H30N2O4S/c27-24(25-23(20-9-4-5-10-20)17-19-7-2-1-3-8-19)21-11-6-12-22(18-21)31(28,29)26-13-15-30-16-14-26/h1-3,6-8,11-12,18,20,23H,4-5,9-10,13-17H2,(H,25,27). The van der Waals surface area contributed by atoms with Gasteiger partial charge in [-0.2, -0.15) is 4.31 Å². The molecule has 1 unspecified atom stereocenters. The Kier molecular flexibility index (Phi) is 7.05. The van der Waals surface area contributed by atoms with Crippen molar-refractivity contribution in [1.82, 2.24) is 9.62 Å². The third-order valence-corrected chi connectivity index (χ3v) is 8.18. The van der Waals surface area contributed by atoms with Gasteiger partial charge >= 0.3 is 0 Å². The number of hydrogen-bond donors (Lipinski definition) is 1. The van der Waals surface area contributed by atoms with E-state index in [9.17, 15) is 13.2 Å². The monoisotopic (exact) mass is 442 g/mol. The van der Waals surface area contributed by atoms with Crippen LogP contribution in [0.25, 0.3) is 0 Å². The van der Waals surface area contributed by atoms with Crippen molar-refractivity contribution < 1.29 is 17.9 Å². The molecule has 7 heteroatoms. The van der Waals surface area contributed by atoms with Gasteiger partial charge in [0.25, 0.3) is 5.91 Å². The van der Waals surface area contributed by atoms with Crippen molar-refractivity contribution in [2.75, 3.05) is 26.3 Å². The molecular weight excluding hydrogens is 412 g/mol. The Balaban J connectivity index is 1.51. The molecule has 1 saturated carbocycles. The van der Waals surface area contributed by atoms with Crippen molar-refractivity contribution in [3.05, 3.63) is 65.7 Å². The number of carbonyl (C=O) groups excluding carboxylic acids is 1. The maximum Gasteiger partial charge on any atom is 0.251 e. The van der Waals surface area contributed by atoms with Crippen LogP contribution in [0.1, 0.15) is 41.6 Å². The van der Waals surface area contributed by atoms with E-state index >= 15 is 0 Å². The summed E-state index contributed by atoms with van der Waals surface area (Å²) in [5.41, 5.74) is 1.58. The molecule has 2 aromatic rings. The number of benzene rings is 2. The maximum atomic E-state index is 13.1. The zero-order valence-corrected chi connectivity index (χ0v) is 18.5. The van der Waals surface area contributed by atoms with Gasteiger partial charge in [-0.1, -0.05) is 49.2 Å². The Bertz CT molecular complexity index is 982. The fourth-order valence-corrected chi connectivity index (χ4v) is 6.00. The number of rotatable bonds is 7. The summed E-state index contributed by atoms with van der Waals surface area (Å²) >= 11 is 0. The van der Waals surface area contributed by atoms with Gasteiger partial charge in [0.1, 0.15) is 0 Å². The van der Waals surface area contributed by atoms with E-state index in [0.717, 1.165) is 19.3 Å². The van der Waals surface area contributed by atoms with E-state index in [4.69, 9.17) is 4.74 Å². The quantitative estimate of drug-likeness (QED) is 0.714. The van der Waals surface area contributed by atoms with Crippen molar-refractivity contribution in [2.45, 2.75) is 43.0 Å². The summed E-state index contributed by atoms with van der Waals surface area (Å²) in [6.45, 7) is 1.45. The lowest BCUT2D eigenvalue weighted by Crippen LogP contribution is -2.41. The van der Waals surface area contributed by atoms with Crippen molar-refractivity contribution in [1.29, 1.82) is 0 Å². The van der Waals surface area contributed by atoms with E-state index in [0.29, 0.717) is 37.8 Å². The van der Waals surface area contributed by atoms with E-state index in [1.165, 1.54) is 28.8 Å². The van der Waals surface area contributed by atoms with Gasteiger partial charge in [-0.05, 0) is 48.9 Å². The lowest BCUT2D eigenvalue weighted by atomic mass is 9.92. The maximum absolute atomic E-state index is 13.1. The number of nitrogens with one attached hydrogen (secondary N) is 1. The Labute approximate surface area is 184 Å². The fraction of sp³-hybridized carbons (Fsp3) is 0.458. The molecule has 4 rings (SSSR count). The molecule has 1 saturated heterocycles. The predicted octanol–water partition coefficient (Wildman–Crippen LogP) is 3.24. The zero-order valence-electron chi connectivity index (χ0n) is 17.7. The zero-order chi connectivity index (χ0) is 21.7. The number of hydrogen-bond acceptors (Lipinski definition) is 4. The molecule has 31 heavy (non-hydrogen) atoms. The second-order valence-electron chi connectivity index (χ2n) is 8.36. The summed E-state index contributed by atoms with van der Waals surface area (Å²) in [5, 5.41) is 3.21. The first-order valence-corrected chi connectivity index (χ1v) is 12.5. The normalized spacial score (nSPS) is 19.2. The molecule has 2 aliphatic rings. The largest absolute Gasteiger partial charge is 0.379 e. The predicted molar refractivity (Wildman–Crippen MR) is 119 cm³/mol. The molecular formula is C24H30N2O4S. The van der Waals surface area contributed by atoms with E-state index in [1.54, 1.807) is 18.2 Å². The first kappa shape index (κ1) is 22.0. The van der Waals surface area contributed by atoms with E-state index < -0.39 is 10.0 Å². The van der Waals surface area contributed by atoms with Gasteiger partial charge in [0.2, 0.25) is 10.0 Å². The first-order chi connectivity index (χ1) is 15.0. The highest BCUT2D eigenvalue weighted by atomic mass is 32.2. The minimum atomic E-state index is -3.64. The van der Waals surface area contributed by atoms with Gasteiger partial charge in [-0.15, -0.1) is 0 Å². The third kappa shape index (κ3) is 5.34. The SMILES string of the molecule is O=C(NC(Cc1ccccc1)C1CCCC1)c1cccc(S(=O)(=O)N2CCOCC2)c1. The summed E-state index contributed by atoms with van der Waals surface area (Å²) in [6, 6.07) is 16.6. The van der Waals surface area contributed by atoms with Gasteiger partial charge in [0, 0.05) is 24.7 Å². The molecule has 1 heterocycles. The number of carbonyl (C=O) groups is 1. The average molecular weight is 443 g/mol. The topological polar surface area (TPSA) is 75.7 Å².